The lowest BCUT2D eigenvalue weighted by Crippen LogP contribution is -1.98. The first-order chi connectivity index (χ1) is 8.54. The minimum absolute atomic E-state index is 0.0684. The second kappa shape index (κ2) is 5.58. The lowest BCUT2D eigenvalue weighted by atomic mass is 10.2. The molecule has 0 fully saturated rings. The Labute approximate surface area is 118 Å². The molecule has 2 rings (SSSR count). The normalized spacial score (nSPS) is 10.4. The monoisotopic (exact) mass is 325 g/mol. The molecule has 0 aliphatic carbocycles. The highest BCUT2D eigenvalue weighted by atomic mass is 79.9. The highest BCUT2D eigenvalue weighted by Gasteiger charge is 2.06. The van der Waals surface area contributed by atoms with E-state index in [-0.39, 0.29) is 12.2 Å². The second-order valence-corrected chi connectivity index (χ2v) is 5.59. The molecule has 2 aromatic rings. The highest BCUT2D eigenvalue weighted by Crippen LogP contribution is 2.23. The van der Waals surface area contributed by atoms with Crippen LogP contribution in [0.2, 0.25) is 0 Å². The number of ketones is 1. The first-order valence-corrected chi connectivity index (χ1v) is 6.96. The van der Waals surface area contributed by atoms with Crippen LogP contribution in [0.3, 0.4) is 0 Å². The molecule has 0 aliphatic rings. The SMILES string of the molecule is CC(=O)Cc1nsc(Nc2ccc(Br)c(C)c2)n1. The van der Waals surface area contributed by atoms with E-state index >= 15 is 0 Å². The van der Waals surface area contributed by atoms with E-state index in [0.29, 0.717) is 11.0 Å². The van der Waals surface area contributed by atoms with Gasteiger partial charge >= 0.3 is 0 Å². The maximum Gasteiger partial charge on any atom is 0.207 e. The Balaban J connectivity index is 2.11. The minimum atomic E-state index is 0.0684. The number of benzene rings is 1. The van der Waals surface area contributed by atoms with Gasteiger partial charge in [0.25, 0.3) is 0 Å². The molecule has 0 aliphatic heterocycles. The van der Waals surface area contributed by atoms with Crippen molar-refractivity contribution in [2.75, 3.05) is 5.32 Å². The van der Waals surface area contributed by atoms with Crippen molar-refractivity contribution in [2.45, 2.75) is 20.3 Å². The summed E-state index contributed by atoms with van der Waals surface area (Å²) in [7, 11) is 0. The number of nitrogens with zero attached hydrogens (tertiary/aromatic N) is 2. The summed E-state index contributed by atoms with van der Waals surface area (Å²) >= 11 is 4.72. The van der Waals surface area contributed by atoms with Crippen molar-refractivity contribution in [1.82, 2.24) is 9.36 Å². The summed E-state index contributed by atoms with van der Waals surface area (Å²) in [6.45, 7) is 3.56. The van der Waals surface area contributed by atoms with E-state index in [1.54, 1.807) is 0 Å². The Bertz CT molecular complexity index is 582. The van der Waals surface area contributed by atoms with E-state index in [1.165, 1.54) is 18.5 Å². The van der Waals surface area contributed by atoms with E-state index < -0.39 is 0 Å². The Morgan fingerprint density at radius 2 is 2.28 bits per heavy atom. The third-order valence-electron chi connectivity index (χ3n) is 2.28. The average Bonchev–Trinajstić information content (AvgIpc) is 2.70. The second-order valence-electron chi connectivity index (χ2n) is 3.98. The van der Waals surface area contributed by atoms with E-state index in [0.717, 1.165) is 15.7 Å². The number of aromatic nitrogens is 2. The lowest BCUT2D eigenvalue weighted by molar-refractivity contribution is -0.116. The molecule has 0 amide bonds. The van der Waals surface area contributed by atoms with Crippen molar-refractivity contribution in [1.29, 1.82) is 0 Å². The summed E-state index contributed by atoms with van der Waals surface area (Å²) in [5.41, 5.74) is 2.11. The molecule has 0 unspecified atom stereocenters. The van der Waals surface area contributed by atoms with Crippen molar-refractivity contribution < 1.29 is 4.79 Å². The van der Waals surface area contributed by atoms with Gasteiger partial charge in [0.1, 0.15) is 5.78 Å². The number of rotatable bonds is 4. The molecule has 0 radical (unpaired) electrons. The Morgan fingerprint density at radius 1 is 1.50 bits per heavy atom. The van der Waals surface area contributed by atoms with Gasteiger partial charge in [0.2, 0.25) is 5.13 Å². The molecule has 6 heteroatoms. The Morgan fingerprint density at radius 3 is 2.94 bits per heavy atom. The smallest absolute Gasteiger partial charge is 0.207 e. The number of aryl methyl sites for hydroxylation is 1. The Hall–Kier alpha value is -1.27. The van der Waals surface area contributed by atoms with Crippen LogP contribution in [0.5, 0.6) is 0 Å². The highest BCUT2D eigenvalue weighted by molar-refractivity contribution is 9.10. The van der Waals surface area contributed by atoms with Crippen LogP contribution in [-0.2, 0) is 11.2 Å². The zero-order valence-corrected chi connectivity index (χ0v) is 12.4. The van der Waals surface area contributed by atoms with Crippen LogP contribution in [-0.4, -0.2) is 15.1 Å². The zero-order valence-electron chi connectivity index (χ0n) is 10.0. The number of nitrogens with one attached hydrogen (secondary N) is 1. The predicted octanol–water partition coefficient (Wildman–Crippen LogP) is 3.48. The fraction of sp³-hybridized carbons (Fsp3) is 0.250. The molecule has 18 heavy (non-hydrogen) atoms. The van der Waals surface area contributed by atoms with Crippen LogP contribution in [0.15, 0.2) is 22.7 Å². The van der Waals surface area contributed by atoms with Gasteiger partial charge in [0.15, 0.2) is 5.82 Å². The summed E-state index contributed by atoms with van der Waals surface area (Å²) in [6, 6.07) is 5.97. The first-order valence-electron chi connectivity index (χ1n) is 5.40. The van der Waals surface area contributed by atoms with Gasteiger partial charge in [-0.3, -0.25) is 4.79 Å². The fourth-order valence-corrected chi connectivity index (χ4v) is 2.30. The molecular weight excluding hydrogens is 314 g/mol. The molecule has 94 valence electrons. The quantitative estimate of drug-likeness (QED) is 0.934. The first kappa shape index (κ1) is 13.2. The molecule has 4 nitrogen and oxygen atoms in total. The fourth-order valence-electron chi connectivity index (χ4n) is 1.45. The summed E-state index contributed by atoms with van der Waals surface area (Å²) in [5, 5.41) is 3.88. The van der Waals surface area contributed by atoms with Gasteiger partial charge in [-0.1, -0.05) is 15.9 Å². The van der Waals surface area contributed by atoms with E-state index in [4.69, 9.17) is 0 Å². The van der Waals surface area contributed by atoms with Crippen LogP contribution in [0, 0.1) is 6.92 Å². The van der Waals surface area contributed by atoms with Crippen LogP contribution >= 0.6 is 27.5 Å². The summed E-state index contributed by atoms with van der Waals surface area (Å²) in [6.07, 6.45) is 0.289. The number of Topliss-reactive ketones (excluding diaryl/α,β-unsaturated/α-hetero) is 1. The van der Waals surface area contributed by atoms with Crippen molar-refractivity contribution in [3.63, 3.8) is 0 Å². The van der Waals surface area contributed by atoms with Gasteiger partial charge in [-0.15, -0.1) is 0 Å². The Kier molecular flexibility index (Phi) is 4.08. The van der Waals surface area contributed by atoms with Gasteiger partial charge < -0.3 is 5.32 Å². The van der Waals surface area contributed by atoms with Crippen molar-refractivity contribution in [2.24, 2.45) is 0 Å². The summed E-state index contributed by atoms with van der Waals surface area (Å²) < 4.78 is 5.20. The molecule has 0 saturated heterocycles. The van der Waals surface area contributed by atoms with Crippen molar-refractivity contribution >= 4 is 44.1 Å². The van der Waals surface area contributed by atoms with Crippen LogP contribution in [0.25, 0.3) is 0 Å². The van der Waals surface area contributed by atoms with Gasteiger partial charge in [-0.25, -0.2) is 4.98 Å². The summed E-state index contributed by atoms with van der Waals surface area (Å²) in [4.78, 5) is 15.2. The maximum absolute atomic E-state index is 11.0. The zero-order chi connectivity index (χ0) is 13.1. The van der Waals surface area contributed by atoms with Crippen molar-refractivity contribution in [3.8, 4) is 0 Å². The molecule has 1 N–H and O–H groups in total. The van der Waals surface area contributed by atoms with E-state index in [9.17, 15) is 4.79 Å². The van der Waals surface area contributed by atoms with Gasteiger partial charge in [0.05, 0.1) is 6.42 Å². The van der Waals surface area contributed by atoms with Crippen LogP contribution in [0.1, 0.15) is 18.3 Å². The molecule has 1 aromatic heterocycles. The maximum atomic E-state index is 11.0. The molecule has 1 aromatic carbocycles. The molecule has 0 spiro atoms. The van der Waals surface area contributed by atoms with Crippen molar-refractivity contribution in [3.05, 3.63) is 34.1 Å². The third-order valence-corrected chi connectivity index (χ3v) is 3.84. The van der Waals surface area contributed by atoms with Crippen LogP contribution < -0.4 is 5.32 Å². The van der Waals surface area contributed by atoms with E-state index in [1.807, 2.05) is 25.1 Å². The topological polar surface area (TPSA) is 54.9 Å². The largest absolute Gasteiger partial charge is 0.330 e. The van der Waals surface area contributed by atoms with Gasteiger partial charge in [-0.05, 0) is 37.6 Å². The standard InChI is InChI=1S/C12H12BrN3OS/c1-7-5-9(3-4-10(7)13)14-12-15-11(16-18-12)6-8(2)17/h3-5H,6H2,1-2H3,(H,14,15,16). The average molecular weight is 326 g/mol. The number of carbonyl (C=O) groups excluding carboxylic acids is 1. The van der Waals surface area contributed by atoms with E-state index in [2.05, 4.69) is 30.6 Å². The third kappa shape index (κ3) is 3.36. The molecular formula is C12H12BrN3OS. The minimum Gasteiger partial charge on any atom is -0.330 e. The number of hydrogen-bond donors (Lipinski definition) is 1. The van der Waals surface area contributed by atoms with Crippen LogP contribution in [0.4, 0.5) is 10.8 Å². The molecule has 0 saturated carbocycles. The number of hydrogen-bond acceptors (Lipinski definition) is 5. The van der Waals surface area contributed by atoms with Gasteiger partial charge in [0, 0.05) is 21.7 Å². The predicted molar refractivity (Wildman–Crippen MR) is 76.5 cm³/mol. The van der Waals surface area contributed by atoms with Gasteiger partial charge in [-0.2, -0.15) is 4.37 Å². The molecule has 1 heterocycles. The number of anilines is 2. The lowest BCUT2D eigenvalue weighted by Gasteiger charge is -2.04. The number of carbonyl (C=O) groups is 1. The molecule has 0 bridgehead atoms. The molecule has 0 atom stereocenters. The summed E-state index contributed by atoms with van der Waals surface area (Å²) in [5.74, 6) is 0.641. The number of halogens is 1.